The quantitative estimate of drug-likeness (QED) is 0.492. The van der Waals surface area contributed by atoms with Gasteiger partial charge < -0.3 is 25.2 Å². The van der Waals surface area contributed by atoms with Gasteiger partial charge in [0.25, 0.3) is 0 Å². The lowest BCUT2D eigenvalue weighted by molar-refractivity contribution is 0.108. The molecule has 2 aliphatic rings. The van der Waals surface area contributed by atoms with Crippen molar-refractivity contribution in [2.45, 2.75) is 45.3 Å². The number of hydrogen-bond donors (Lipinski definition) is 3. The molecule has 35 heavy (non-hydrogen) atoms. The van der Waals surface area contributed by atoms with Gasteiger partial charge in [-0.15, -0.1) is 0 Å². The molecular weight excluding hydrogens is 444 g/mol. The topological polar surface area (TPSA) is 125 Å². The highest BCUT2D eigenvalue weighted by atomic mass is 16.5. The lowest BCUT2D eigenvalue weighted by Gasteiger charge is -2.21. The lowest BCUT2D eigenvalue weighted by Crippen LogP contribution is -2.28. The molecule has 1 atom stereocenters. The summed E-state index contributed by atoms with van der Waals surface area (Å²) in [7, 11) is 0. The van der Waals surface area contributed by atoms with E-state index in [2.05, 4.69) is 21.7 Å². The Kier molecular flexibility index (Phi) is 6.01. The molecule has 2 aliphatic heterocycles. The van der Waals surface area contributed by atoms with E-state index < -0.39 is 5.41 Å². The summed E-state index contributed by atoms with van der Waals surface area (Å²) < 4.78 is 11.6. The number of nitrogens with one attached hydrogen (secondary N) is 2. The van der Waals surface area contributed by atoms with E-state index >= 15 is 0 Å². The van der Waals surface area contributed by atoms with E-state index in [1.54, 1.807) is 12.3 Å². The average Bonchev–Trinajstić information content (AvgIpc) is 3.21. The molecule has 180 valence electrons. The highest BCUT2D eigenvalue weighted by molar-refractivity contribution is 5.76. The number of fused-ring (bicyclic) bond motifs is 2. The van der Waals surface area contributed by atoms with Gasteiger partial charge in [-0.2, -0.15) is 5.26 Å². The van der Waals surface area contributed by atoms with Crippen molar-refractivity contribution in [3.8, 4) is 23.2 Å². The predicted octanol–water partition coefficient (Wildman–Crippen LogP) is 3.69. The van der Waals surface area contributed by atoms with Gasteiger partial charge in [0.2, 0.25) is 11.8 Å². The number of anilines is 3. The average molecular weight is 473 g/mol. The van der Waals surface area contributed by atoms with Gasteiger partial charge in [0.05, 0.1) is 48.6 Å². The standard InChI is InChI=1S/C26H28N6O3/c1-15(2)35-24-22(10-18-12-34-7-5-21(18)30-24)32-25-28-6-4-20(31-25)16-8-17(11-27)23-19(9-16)26(3,14-33)13-29-23/h4,6,8-10,15,29,33H,5,7,12-14H2,1-3H3,(H,28,31,32)/t26-/m1/s1. The van der Waals surface area contributed by atoms with Crippen molar-refractivity contribution >= 4 is 17.3 Å². The summed E-state index contributed by atoms with van der Waals surface area (Å²) in [5.74, 6) is 0.889. The summed E-state index contributed by atoms with van der Waals surface area (Å²) in [5.41, 5.74) is 5.85. The molecule has 3 aromatic rings. The minimum absolute atomic E-state index is 0.0222. The fourth-order valence-electron chi connectivity index (χ4n) is 4.43. The summed E-state index contributed by atoms with van der Waals surface area (Å²) in [6.07, 6.45) is 2.38. The highest BCUT2D eigenvalue weighted by Gasteiger charge is 2.36. The molecule has 3 N–H and O–H groups in total. The second-order valence-electron chi connectivity index (χ2n) is 9.44. The van der Waals surface area contributed by atoms with Crippen molar-refractivity contribution in [1.29, 1.82) is 5.26 Å². The molecule has 0 unspecified atom stereocenters. The van der Waals surface area contributed by atoms with Gasteiger partial charge in [0.1, 0.15) is 11.8 Å². The summed E-state index contributed by atoms with van der Waals surface area (Å²) in [5, 5.41) is 26.3. The van der Waals surface area contributed by atoms with Crippen LogP contribution < -0.4 is 15.4 Å². The minimum atomic E-state index is -0.467. The van der Waals surface area contributed by atoms with Crippen molar-refractivity contribution < 1.29 is 14.6 Å². The van der Waals surface area contributed by atoms with E-state index in [0.717, 1.165) is 34.5 Å². The number of ether oxygens (including phenoxy) is 2. The maximum Gasteiger partial charge on any atom is 0.238 e. The number of aliphatic hydroxyl groups excluding tert-OH is 1. The van der Waals surface area contributed by atoms with Gasteiger partial charge in [0.15, 0.2) is 0 Å². The van der Waals surface area contributed by atoms with Crippen LogP contribution in [0.1, 0.15) is 43.2 Å². The molecular formula is C26H28N6O3. The molecule has 9 nitrogen and oxygen atoms in total. The third kappa shape index (κ3) is 4.38. The van der Waals surface area contributed by atoms with Crippen molar-refractivity contribution in [3.05, 3.63) is 52.8 Å². The van der Waals surface area contributed by atoms with E-state index in [9.17, 15) is 10.4 Å². The Morgan fingerprint density at radius 1 is 1.31 bits per heavy atom. The predicted molar refractivity (Wildman–Crippen MR) is 132 cm³/mol. The number of aromatic nitrogens is 3. The van der Waals surface area contributed by atoms with Gasteiger partial charge in [-0.3, -0.25) is 0 Å². The largest absolute Gasteiger partial charge is 0.473 e. The summed E-state index contributed by atoms with van der Waals surface area (Å²) in [4.78, 5) is 13.8. The number of pyridine rings is 1. The number of aliphatic hydroxyl groups is 1. The molecule has 0 saturated heterocycles. The normalized spacial score (nSPS) is 18.4. The van der Waals surface area contributed by atoms with Gasteiger partial charge in [-0.25, -0.2) is 15.0 Å². The Bertz CT molecular complexity index is 1320. The minimum Gasteiger partial charge on any atom is -0.473 e. The van der Waals surface area contributed by atoms with Crippen molar-refractivity contribution in [2.75, 3.05) is 30.4 Å². The van der Waals surface area contributed by atoms with Crippen molar-refractivity contribution in [3.63, 3.8) is 0 Å². The summed E-state index contributed by atoms with van der Waals surface area (Å²) >= 11 is 0. The van der Waals surface area contributed by atoms with E-state index in [0.29, 0.717) is 48.5 Å². The first-order valence-corrected chi connectivity index (χ1v) is 11.7. The van der Waals surface area contributed by atoms with Crippen LogP contribution in [0.2, 0.25) is 0 Å². The fraction of sp³-hybridized carbons (Fsp3) is 0.385. The van der Waals surface area contributed by atoms with E-state index in [4.69, 9.17) is 19.4 Å². The van der Waals surface area contributed by atoms with Crippen LogP contribution >= 0.6 is 0 Å². The van der Waals surface area contributed by atoms with Gasteiger partial charge in [-0.05, 0) is 43.7 Å². The number of rotatable bonds is 6. The van der Waals surface area contributed by atoms with Crippen molar-refractivity contribution in [2.24, 2.45) is 0 Å². The maximum atomic E-state index is 9.99. The van der Waals surface area contributed by atoms with Crippen LogP contribution in [-0.4, -0.2) is 45.9 Å². The van der Waals surface area contributed by atoms with Gasteiger partial charge in [-0.1, -0.05) is 6.92 Å². The van der Waals surface area contributed by atoms with Crippen LogP contribution in [0.15, 0.2) is 30.5 Å². The van der Waals surface area contributed by atoms with Crippen molar-refractivity contribution in [1.82, 2.24) is 15.0 Å². The van der Waals surface area contributed by atoms with Crippen LogP contribution in [0.4, 0.5) is 17.3 Å². The smallest absolute Gasteiger partial charge is 0.238 e. The third-order valence-electron chi connectivity index (χ3n) is 6.36. The third-order valence-corrected chi connectivity index (χ3v) is 6.36. The summed E-state index contributed by atoms with van der Waals surface area (Å²) in [6.45, 7) is 7.60. The molecule has 9 heteroatoms. The lowest BCUT2D eigenvalue weighted by atomic mass is 9.83. The molecule has 0 fully saturated rings. The first kappa shape index (κ1) is 23.0. The number of benzene rings is 1. The maximum absolute atomic E-state index is 9.99. The van der Waals surface area contributed by atoms with E-state index in [-0.39, 0.29) is 12.7 Å². The van der Waals surface area contributed by atoms with E-state index in [1.165, 1.54) is 0 Å². The zero-order valence-corrected chi connectivity index (χ0v) is 20.1. The highest BCUT2D eigenvalue weighted by Crippen LogP contribution is 2.41. The zero-order chi connectivity index (χ0) is 24.6. The first-order chi connectivity index (χ1) is 16.9. The van der Waals surface area contributed by atoms with Crippen LogP contribution in [0.3, 0.4) is 0 Å². The Morgan fingerprint density at radius 2 is 2.17 bits per heavy atom. The van der Waals surface area contributed by atoms with Gasteiger partial charge in [0, 0.05) is 35.7 Å². The number of nitrogens with zero attached hydrogens (tertiary/aromatic N) is 4. The number of nitriles is 1. The Balaban J connectivity index is 1.52. The van der Waals surface area contributed by atoms with Crippen LogP contribution in [0.5, 0.6) is 5.88 Å². The second kappa shape index (κ2) is 9.13. The monoisotopic (exact) mass is 472 g/mol. The molecule has 0 bridgehead atoms. The molecule has 0 saturated carbocycles. The molecule has 5 rings (SSSR count). The molecule has 2 aromatic heterocycles. The molecule has 1 aromatic carbocycles. The van der Waals surface area contributed by atoms with Gasteiger partial charge >= 0.3 is 0 Å². The zero-order valence-electron chi connectivity index (χ0n) is 20.1. The first-order valence-electron chi connectivity index (χ1n) is 11.7. The Labute approximate surface area is 204 Å². The fourth-order valence-corrected chi connectivity index (χ4v) is 4.43. The van der Waals surface area contributed by atoms with Crippen LogP contribution in [-0.2, 0) is 23.2 Å². The molecule has 0 spiro atoms. The molecule has 0 aliphatic carbocycles. The van der Waals surface area contributed by atoms with E-state index in [1.807, 2.05) is 39.0 Å². The Hall–Kier alpha value is -3.74. The second-order valence-corrected chi connectivity index (χ2v) is 9.44. The SMILES string of the molecule is CC(C)Oc1nc2c(cc1Nc1nccc(-c3cc(C#N)c4c(c3)[C@@](C)(CO)CN4)n1)COCC2. The molecule has 0 radical (unpaired) electrons. The van der Waals surface area contributed by atoms with Crippen LogP contribution in [0.25, 0.3) is 11.3 Å². The molecule has 0 amide bonds. The summed E-state index contributed by atoms with van der Waals surface area (Å²) in [6, 6.07) is 9.86. The Morgan fingerprint density at radius 3 is 2.94 bits per heavy atom. The molecule has 4 heterocycles. The van der Waals surface area contributed by atoms with Crippen LogP contribution in [0, 0.1) is 11.3 Å². The number of hydrogen-bond acceptors (Lipinski definition) is 9.